The maximum absolute atomic E-state index is 13.4. The fourth-order valence-electron chi connectivity index (χ4n) is 4.02. The van der Waals surface area contributed by atoms with E-state index in [9.17, 15) is 4.79 Å². The summed E-state index contributed by atoms with van der Waals surface area (Å²) < 4.78 is 6.45. The van der Waals surface area contributed by atoms with E-state index in [2.05, 4.69) is 17.1 Å². The van der Waals surface area contributed by atoms with Crippen molar-refractivity contribution in [2.24, 2.45) is 0 Å². The van der Waals surface area contributed by atoms with Gasteiger partial charge >= 0.3 is 0 Å². The molecule has 0 N–H and O–H groups in total. The minimum absolute atomic E-state index is 0.0839. The van der Waals surface area contributed by atoms with Crippen LogP contribution in [-0.2, 0) is 0 Å². The first kappa shape index (κ1) is 20.2. The molecule has 0 bridgehead atoms. The van der Waals surface area contributed by atoms with Crippen molar-refractivity contribution < 1.29 is 9.53 Å². The zero-order valence-corrected chi connectivity index (χ0v) is 19.1. The number of likely N-dealkylation sites (tertiary alicyclic amines) is 1. The van der Waals surface area contributed by atoms with Gasteiger partial charge < -0.3 is 9.64 Å². The van der Waals surface area contributed by atoms with Crippen molar-refractivity contribution in [2.45, 2.75) is 25.7 Å². The van der Waals surface area contributed by atoms with Gasteiger partial charge in [-0.15, -0.1) is 22.7 Å². The van der Waals surface area contributed by atoms with Gasteiger partial charge in [0.25, 0.3) is 5.91 Å². The molecule has 2 aromatic carbocycles. The van der Waals surface area contributed by atoms with E-state index in [1.165, 1.54) is 16.0 Å². The first-order valence-corrected chi connectivity index (χ1v) is 12.0. The second-order valence-electron chi connectivity index (χ2n) is 7.77. The number of para-hydroxylation sites is 1. The number of aryl methyl sites for hydroxylation is 1. The number of rotatable bonds is 4. The van der Waals surface area contributed by atoms with Crippen LogP contribution in [0.2, 0.25) is 0 Å². The number of thiazole rings is 2. The molecule has 0 saturated carbocycles. The highest BCUT2D eigenvalue weighted by molar-refractivity contribution is 7.18. The second kappa shape index (κ2) is 8.40. The molecule has 31 heavy (non-hydrogen) atoms. The summed E-state index contributed by atoms with van der Waals surface area (Å²) in [5.74, 6) is 1.19. The van der Waals surface area contributed by atoms with Crippen molar-refractivity contribution in [3.8, 4) is 16.3 Å². The van der Waals surface area contributed by atoms with Crippen molar-refractivity contribution in [3.63, 3.8) is 0 Å². The van der Waals surface area contributed by atoms with Gasteiger partial charge in [0.15, 0.2) is 0 Å². The fourth-order valence-corrected chi connectivity index (χ4v) is 6.16. The number of piperidine rings is 1. The maximum atomic E-state index is 13.4. The SMILES string of the molecule is COc1ccc(-c2nc(C)c(C(=O)N3CCC[C@H](c4nc5ccccc5s4)C3)s2)cc1. The van der Waals surface area contributed by atoms with E-state index in [1.807, 2.05) is 48.2 Å². The van der Waals surface area contributed by atoms with Crippen molar-refractivity contribution >= 4 is 38.8 Å². The van der Waals surface area contributed by atoms with Crippen molar-refractivity contribution in [1.82, 2.24) is 14.9 Å². The predicted molar refractivity (Wildman–Crippen MR) is 126 cm³/mol. The molecule has 0 radical (unpaired) electrons. The number of ether oxygens (including phenoxy) is 1. The largest absolute Gasteiger partial charge is 0.497 e. The Kier molecular flexibility index (Phi) is 5.46. The molecule has 1 aliphatic rings. The Morgan fingerprint density at radius 1 is 1.10 bits per heavy atom. The number of aromatic nitrogens is 2. The van der Waals surface area contributed by atoms with Gasteiger partial charge in [0.1, 0.15) is 15.6 Å². The summed E-state index contributed by atoms with van der Waals surface area (Å²) in [4.78, 5) is 25.6. The normalized spacial score (nSPS) is 16.6. The molecule has 158 valence electrons. The molecule has 0 unspecified atom stereocenters. The van der Waals surface area contributed by atoms with Gasteiger partial charge in [-0.3, -0.25) is 4.79 Å². The minimum atomic E-state index is 0.0839. The molecular formula is C24H23N3O2S2. The lowest BCUT2D eigenvalue weighted by Gasteiger charge is -2.31. The standard InChI is InChI=1S/C24H23N3O2S2/c1-15-21(31-22(25-15)16-9-11-18(29-2)12-10-16)24(28)27-13-5-6-17(14-27)23-26-19-7-3-4-8-20(19)30-23/h3-4,7-12,17H,5-6,13-14H2,1-2H3/t17-/m0/s1. The number of nitrogens with zero attached hydrogens (tertiary/aromatic N) is 3. The molecule has 4 aromatic rings. The number of amides is 1. The van der Waals surface area contributed by atoms with Crippen LogP contribution in [-0.4, -0.2) is 41.0 Å². The average Bonchev–Trinajstić information content (AvgIpc) is 3.42. The molecule has 1 atom stereocenters. The smallest absolute Gasteiger partial charge is 0.265 e. The van der Waals surface area contributed by atoms with E-state index in [0.717, 1.165) is 56.8 Å². The van der Waals surface area contributed by atoms with E-state index >= 15 is 0 Å². The van der Waals surface area contributed by atoms with E-state index in [0.29, 0.717) is 12.5 Å². The molecule has 3 heterocycles. The second-order valence-corrected chi connectivity index (χ2v) is 9.83. The van der Waals surface area contributed by atoms with Gasteiger partial charge in [0.05, 0.1) is 28.0 Å². The van der Waals surface area contributed by atoms with Gasteiger partial charge in [0, 0.05) is 24.6 Å². The maximum Gasteiger partial charge on any atom is 0.265 e. The lowest BCUT2D eigenvalue weighted by Crippen LogP contribution is -2.39. The Balaban J connectivity index is 1.36. The third kappa shape index (κ3) is 3.95. The fraction of sp³-hybridized carbons (Fsp3) is 0.292. The summed E-state index contributed by atoms with van der Waals surface area (Å²) in [5, 5.41) is 2.00. The van der Waals surface area contributed by atoms with Crippen molar-refractivity contribution in [3.05, 3.63) is 64.1 Å². The quantitative estimate of drug-likeness (QED) is 0.398. The topological polar surface area (TPSA) is 55.3 Å². The van der Waals surface area contributed by atoms with Crippen LogP contribution in [0.4, 0.5) is 0 Å². The molecule has 1 saturated heterocycles. The van der Waals surface area contributed by atoms with Crippen LogP contribution in [0, 0.1) is 6.92 Å². The van der Waals surface area contributed by atoms with Crippen LogP contribution in [0.15, 0.2) is 48.5 Å². The number of hydrogen-bond donors (Lipinski definition) is 0. The van der Waals surface area contributed by atoms with Crippen LogP contribution < -0.4 is 4.74 Å². The van der Waals surface area contributed by atoms with Gasteiger partial charge in [-0.1, -0.05) is 12.1 Å². The third-order valence-corrected chi connectivity index (χ3v) is 8.09. The molecule has 5 nitrogen and oxygen atoms in total. The van der Waals surface area contributed by atoms with Crippen molar-refractivity contribution in [2.75, 3.05) is 20.2 Å². The van der Waals surface area contributed by atoms with E-state index < -0.39 is 0 Å². The Morgan fingerprint density at radius 2 is 1.90 bits per heavy atom. The van der Waals surface area contributed by atoms with Gasteiger partial charge in [0.2, 0.25) is 0 Å². The number of benzene rings is 2. The lowest BCUT2D eigenvalue weighted by molar-refractivity contribution is 0.0711. The van der Waals surface area contributed by atoms with Crippen LogP contribution in [0.3, 0.4) is 0 Å². The Hall–Kier alpha value is -2.77. The molecule has 1 aliphatic heterocycles. The summed E-state index contributed by atoms with van der Waals surface area (Å²) in [6, 6.07) is 16.0. The van der Waals surface area contributed by atoms with Crippen LogP contribution >= 0.6 is 22.7 Å². The summed E-state index contributed by atoms with van der Waals surface area (Å²) >= 11 is 3.22. The van der Waals surface area contributed by atoms with Crippen molar-refractivity contribution in [1.29, 1.82) is 0 Å². The molecule has 2 aromatic heterocycles. The Morgan fingerprint density at radius 3 is 2.68 bits per heavy atom. The third-order valence-electron chi connectivity index (χ3n) is 5.70. The molecule has 5 rings (SSSR count). The van der Waals surface area contributed by atoms with E-state index in [4.69, 9.17) is 9.72 Å². The predicted octanol–water partition coefficient (Wildman–Crippen LogP) is 5.76. The summed E-state index contributed by atoms with van der Waals surface area (Å²) in [5.41, 5.74) is 2.84. The van der Waals surface area contributed by atoms with Crippen LogP contribution in [0.5, 0.6) is 5.75 Å². The van der Waals surface area contributed by atoms with Gasteiger partial charge in [-0.05, 0) is 56.2 Å². The number of methoxy groups -OCH3 is 1. The Labute approximate surface area is 189 Å². The van der Waals surface area contributed by atoms with E-state index in [1.54, 1.807) is 18.4 Å². The Bertz CT molecular complexity index is 1200. The average molecular weight is 450 g/mol. The summed E-state index contributed by atoms with van der Waals surface area (Å²) in [6.45, 7) is 3.43. The first-order chi connectivity index (χ1) is 15.1. The highest BCUT2D eigenvalue weighted by Gasteiger charge is 2.29. The molecule has 7 heteroatoms. The zero-order valence-electron chi connectivity index (χ0n) is 17.5. The molecule has 0 spiro atoms. The van der Waals surface area contributed by atoms with Crippen LogP contribution in [0.1, 0.15) is 39.1 Å². The zero-order chi connectivity index (χ0) is 21.4. The first-order valence-electron chi connectivity index (χ1n) is 10.4. The summed E-state index contributed by atoms with van der Waals surface area (Å²) in [7, 11) is 1.65. The number of carbonyl (C=O) groups excluding carboxylic acids is 1. The summed E-state index contributed by atoms with van der Waals surface area (Å²) in [6.07, 6.45) is 2.07. The molecule has 0 aliphatic carbocycles. The molecule has 1 amide bonds. The van der Waals surface area contributed by atoms with Gasteiger partial charge in [-0.2, -0.15) is 0 Å². The molecular weight excluding hydrogens is 426 g/mol. The molecule has 1 fully saturated rings. The highest BCUT2D eigenvalue weighted by atomic mass is 32.1. The van der Waals surface area contributed by atoms with Gasteiger partial charge in [-0.25, -0.2) is 9.97 Å². The van der Waals surface area contributed by atoms with E-state index in [-0.39, 0.29) is 5.91 Å². The highest BCUT2D eigenvalue weighted by Crippen LogP contribution is 2.35. The lowest BCUT2D eigenvalue weighted by atomic mass is 9.98. The minimum Gasteiger partial charge on any atom is -0.497 e. The number of hydrogen-bond acceptors (Lipinski definition) is 6. The number of fused-ring (bicyclic) bond motifs is 1. The monoisotopic (exact) mass is 449 g/mol. The van der Waals surface area contributed by atoms with Crippen LogP contribution in [0.25, 0.3) is 20.8 Å². The number of carbonyl (C=O) groups is 1.